The van der Waals surface area contributed by atoms with Crippen LogP contribution >= 0.6 is 15.9 Å². The maximum Gasteiger partial charge on any atom is 0.243 e. The molecule has 3 atom stereocenters. The Morgan fingerprint density at radius 2 is 2.26 bits per heavy atom. The van der Waals surface area contributed by atoms with Crippen LogP contribution in [0.5, 0.6) is 0 Å². The van der Waals surface area contributed by atoms with Gasteiger partial charge in [0.2, 0.25) is 5.95 Å². The molecule has 0 bridgehead atoms. The number of halogens is 1. The zero-order valence-corrected chi connectivity index (χ0v) is 12.9. The molecule has 5 heteroatoms. The van der Waals surface area contributed by atoms with Gasteiger partial charge in [0, 0.05) is 16.7 Å². The Bertz CT molecular complexity index is 580. The Kier molecular flexibility index (Phi) is 3.48. The molecule has 1 N–H and O–H groups in total. The van der Waals surface area contributed by atoms with E-state index < -0.39 is 0 Å². The topological polar surface area (TPSA) is 42.2 Å². The highest BCUT2D eigenvalue weighted by atomic mass is 79.9. The largest absolute Gasteiger partial charge is 0.350 e. The fraction of sp³-hybridized carbons (Fsp3) is 0.571. The third-order valence-electron chi connectivity index (χ3n) is 4.36. The second-order valence-electron chi connectivity index (χ2n) is 5.44. The molecule has 0 aromatic carbocycles. The van der Waals surface area contributed by atoms with Gasteiger partial charge < -0.3 is 5.32 Å². The molecule has 1 saturated carbocycles. The Morgan fingerprint density at radius 1 is 1.42 bits per heavy atom. The second kappa shape index (κ2) is 5.12. The van der Waals surface area contributed by atoms with Gasteiger partial charge in [-0.1, -0.05) is 20.3 Å². The van der Waals surface area contributed by atoms with Gasteiger partial charge in [0.15, 0.2) is 5.65 Å². The Labute approximate surface area is 121 Å². The standard InChI is InChI=1S/C14H19BrN4/c1-3-10-4-6-12(9(10)2)16-14-17-13-7-5-11(15)8-19(13)18-14/h5,7-10,12H,3-4,6H2,1-2H3,(H,16,18). The zero-order valence-electron chi connectivity index (χ0n) is 11.3. The van der Waals surface area contributed by atoms with E-state index in [0.717, 1.165) is 22.0 Å². The number of anilines is 1. The molecule has 0 radical (unpaired) electrons. The van der Waals surface area contributed by atoms with Crippen molar-refractivity contribution in [2.24, 2.45) is 11.8 Å². The number of fused-ring (bicyclic) bond motifs is 1. The van der Waals surface area contributed by atoms with E-state index in [-0.39, 0.29) is 0 Å². The smallest absolute Gasteiger partial charge is 0.243 e. The van der Waals surface area contributed by atoms with Crippen molar-refractivity contribution in [3.05, 3.63) is 22.8 Å². The summed E-state index contributed by atoms with van der Waals surface area (Å²) in [7, 11) is 0. The molecule has 0 amide bonds. The molecule has 2 aromatic rings. The Morgan fingerprint density at radius 3 is 3.00 bits per heavy atom. The quantitative estimate of drug-likeness (QED) is 0.936. The van der Waals surface area contributed by atoms with E-state index in [1.807, 2.05) is 22.8 Å². The summed E-state index contributed by atoms with van der Waals surface area (Å²) in [5, 5.41) is 7.99. The van der Waals surface area contributed by atoms with Crippen molar-refractivity contribution in [3.63, 3.8) is 0 Å². The minimum Gasteiger partial charge on any atom is -0.350 e. The molecule has 3 rings (SSSR count). The van der Waals surface area contributed by atoms with Crippen LogP contribution in [0.3, 0.4) is 0 Å². The molecule has 2 heterocycles. The van der Waals surface area contributed by atoms with Gasteiger partial charge in [0.1, 0.15) is 0 Å². The van der Waals surface area contributed by atoms with Crippen LogP contribution in [0.2, 0.25) is 0 Å². The normalized spacial score (nSPS) is 27.0. The average Bonchev–Trinajstić information content (AvgIpc) is 2.93. The van der Waals surface area contributed by atoms with Crippen molar-refractivity contribution in [2.45, 2.75) is 39.2 Å². The summed E-state index contributed by atoms with van der Waals surface area (Å²) in [6.45, 7) is 4.62. The second-order valence-corrected chi connectivity index (χ2v) is 6.36. The fourth-order valence-electron chi connectivity index (χ4n) is 3.11. The Balaban J connectivity index is 1.78. The fourth-order valence-corrected chi connectivity index (χ4v) is 3.44. The minimum absolute atomic E-state index is 0.505. The van der Waals surface area contributed by atoms with Crippen LogP contribution < -0.4 is 5.32 Å². The van der Waals surface area contributed by atoms with Crippen molar-refractivity contribution in [1.82, 2.24) is 14.6 Å². The van der Waals surface area contributed by atoms with Gasteiger partial charge in [0.25, 0.3) is 0 Å². The molecule has 2 aromatic heterocycles. The first kappa shape index (κ1) is 12.9. The van der Waals surface area contributed by atoms with E-state index in [1.165, 1.54) is 19.3 Å². The highest BCUT2D eigenvalue weighted by Gasteiger charge is 2.32. The first-order chi connectivity index (χ1) is 9.17. The van der Waals surface area contributed by atoms with Crippen LogP contribution in [0, 0.1) is 11.8 Å². The molecule has 19 heavy (non-hydrogen) atoms. The van der Waals surface area contributed by atoms with Crippen molar-refractivity contribution in [1.29, 1.82) is 0 Å². The number of nitrogens with zero attached hydrogens (tertiary/aromatic N) is 3. The molecule has 1 fully saturated rings. The number of nitrogens with one attached hydrogen (secondary N) is 1. The lowest BCUT2D eigenvalue weighted by Gasteiger charge is -2.19. The van der Waals surface area contributed by atoms with Gasteiger partial charge in [-0.2, -0.15) is 4.98 Å². The predicted molar refractivity (Wildman–Crippen MR) is 80.3 cm³/mol. The van der Waals surface area contributed by atoms with Gasteiger partial charge in [-0.05, 0) is 52.7 Å². The van der Waals surface area contributed by atoms with Crippen molar-refractivity contribution in [3.8, 4) is 0 Å². The summed E-state index contributed by atoms with van der Waals surface area (Å²) < 4.78 is 2.82. The van der Waals surface area contributed by atoms with E-state index in [4.69, 9.17) is 0 Å². The lowest BCUT2D eigenvalue weighted by Crippen LogP contribution is -2.25. The summed E-state index contributed by atoms with van der Waals surface area (Å²) in [6.07, 6.45) is 5.73. The zero-order chi connectivity index (χ0) is 13.4. The van der Waals surface area contributed by atoms with Gasteiger partial charge in [-0.3, -0.25) is 0 Å². The van der Waals surface area contributed by atoms with Crippen LogP contribution in [0.25, 0.3) is 5.65 Å². The molecular weight excluding hydrogens is 304 g/mol. The number of pyridine rings is 1. The highest BCUT2D eigenvalue weighted by Crippen LogP contribution is 2.35. The first-order valence-corrected chi connectivity index (χ1v) is 7.75. The lowest BCUT2D eigenvalue weighted by molar-refractivity contribution is 0.391. The van der Waals surface area contributed by atoms with Gasteiger partial charge in [0.05, 0.1) is 0 Å². The number of rotatable bonds is 3. The summed E-state index contributed by atoms with van der Waals surface area (Å²) in [5.74, 6) is 2.28. The molecule has 0 saturated heterocycles. The summed E-state index contributed by atoms with van der Waals surface area (Å²) in [6, 6.07) is 4.46. The molecule has 1 aliphatic rings. The monoisotopic (exact) mass is 322 g/mol. The Hall–Kier alpha value is -1.10. The molecule has 0 spiro atoms. The van der Waals surface area contributed by atoms with E-state index >= 15 is 0 Å². The molecule has 4 nitrogen and oxygen atoms in total. The maximum absolute atomic E-state index is 4.52. The summed E-state index contributed by atoms with van der Waals surface area (Å²) >= 11 is 3.45. The molecule has 1 aliphatic carbocycles. The molecule has 0 aliphatic heterocycles. The first-order valence-electron chi connectivity index (χ1n) is 6.96. The minimum atomic E-state index is 0.505. The molecule has 3 unspecified atom stereocenters. The molecular formula is C14H19BrN4. The summed E-state index contributed by atoms with van der Waals surface area (Å²) in [4.78, 5) is 4.52. The van der Waals surface area contributed by atoms with Crippen LogP contribution in [-0.4, -0.2) is 20.6 Å². The molecule has 102 valence electrons. The highest BCUT2D eigenvalue weighted by molar-refractivity contribution is 9.10. The van der Waals surface area contributed by atoms with E-state index in [0.29, 0.717) is 12.0 Å². The van der Waals surface area contributed by atoms with Crippen LogP contribution in [0.1, 0.15) is 33.1 Å². The third kappa shape index (κ3) is 2.48. The van der Waals surface area contributed by atoms with E-state index in [1.54, 1.807) is 0 Å². The lowest BCUT2D eigenvalue weighted by atomic mass is 9.94. The number of hydrogen-bond donors (Lipinski definition) is 1. The summed E-state index contributed by atoms with van der Waals surface area (Å²) in [5.41, 5.74) is 0.878. The average molecular weight is 323 g/mol. The van der Waals surface area contributed by atoms with Gasteiger partial charge >= 0.3 is 0 Å². The van der Waals surface area contributed by atoms with Gasteiger partial charge in [-0.25, -0.2) is 4.52 Å². The van der Waals surface area contributed by atoms with Crippen molar-refractivity contribution in [2.75, 3.05) is 5.32 Å². The van der Waals surface area contributed by atoms with Gasteiger partial charge in [-0.15, -0.1) is 5.10 Å². The van der Waals surface area contributed by atoms with E-state index in [9.17, 15) is 0 Å². The van der Waals surface area contributed by atoms with Crippen LogP contribution in [-0.2, 0) is 0 Å². The van der Waals surface area contributed by atoms with Crippen molar-refractivity contribution < 1.29 is 0 Å². The third-order valence-corrected chi connectivity index (χ3v) is 4.83. The van der Waals surface area contributed by atoms with Crippen LogP contribution in [0.4, 0.5) is 5.95 Å². The number of hydrogen-bond acceptors (Lipinski definition) is 3. The van der Waals surface area contributed by atoms with Crippen molar-refractivity contribution >= 4 is 27.5 Å². The SMILES string of the molecule is CCC1CCC(Nc2nc3ccc(Br)cn3n2)C1C. The number of aromatic nitrogens is 3. The maximum atomic E-state index is 4.52. The van der Waals surface area contributed by atoms with Crippen LogP contribution in [0.15, 0.2) is 22.8 Å². The van der Waals surface area contributed by atoms with E-state index in [2.05, 4.69) is 45.2 Å². The predicted octanol–water partition coefficient (Wildman–Crippen LogP) is 3.73.